The molecule has 0 aliphatic heterocycles. The van der Waals surface area contributed by atoms with Crippen molar-refractivity contribution in [2.75, 3.05) is 0 Å². The fourth-order valence-electron chi connectivity index (χ4n) is 1.64. The van der Waals surface area contributed by atoms with Crippen LogP contribution in [-0.2, 0) is 6.54 Å². The quantitative estimate of drug-likeness (QED) is 0.924. The van der Waals surface area contributed by atoms with E-state index in [1.807, 2.05) is 22.7 Å². The lowest BCUT2D eigenvalue weighted by molar-refractivity contribution is 0.677. The summed E-state index contributed by atoms with van der Waals surface area (Å²) in [5.74, 6) is 0. The molecule has 0 atom stereocenters. The number of imidazole rings is 1. The highest BCUT2D eigenvalue weighted by Crippen LogP contribution is 2.19. The summed E-state index contributed by atoms with van der Waals surface area (Å²) in [6.07, 6.45) is 6.75. The molecule has 1 aliphatic carbocycles. The van der Waals surface area contributed by atoms with E-state index < -0.39 is 0 Å². The third-order valence-corrected chi connectivity index (χ3v) is 3.08. The van der Waals surface area contributed by atoms with Crippen molar-refractivity contribution in [2.45, 2.75) is 25.4 Å². The molecule has 0 amide bonds. The summed E-state index contributed by atoms with van der Waals surface area (Å²) in [6, 6.07) is 4.77. The second-order valence-electron chi connectivity index (χ2n) is 4.00. The maximum Gasteiger partial charge on any atom is 0.137 e. The zero-order chi connectivity index (χ0) is 10.3. The first-order chi connectivity index (χ1) is 7.31. The Labute approximate surface area is 96.6 Å². The first-order valence-electron chi connectivity index (χ1n) is 5.18. The van der Waals surface area contributed by atoms with E-state index in [9.17, 15) is 0 Å². The van der Waals surface area contributed by atoms with Gasteiger partial charge in [-0.1, -0.05) is 0 Å². The average Bonchev–Trinajstić information content (AvgIpc) is 2.95. The molecular formula is C11H12BrN3. The molecule has 3 rings (SSSR count). The van der Waals surface area contributed by atoms with Crippen molar-refractivity contribution in [3.05, 3.63) is 34.7 Å². The molecule has 3 nitrogen and oxygen atoms in total. The number of hydrogen-bond donors (Lipinski definition) is 1. The van der Waals surface area contributed by atoms with E-state index in [0.29, 0.717) is 0 Å². The van der Waals surface area contributed by atoms with E-state index in [0.717, 1.165) is 28.4 Å². The van der Waals surface area contributed by atoms with Gasteiger partial charge in [0, 0.05) is 29.5 Å². The van der Waals surface area contributed by atoms with Crippen molar-refractivity contribution < 1.29 is 0 Å². The third kappa shape index (κ3) is 2.06. The van der Waals surface area contributed by atoms with E-state index in [-0.39, 0.29) is 0 Å². The zero-order valence-electron chi connectivity index (χ0n) is 8.28. The Morgan fingerprint density at radius 3 is 3.07 bits per heavy atom. The topological polar surface area (TPSA) is 29.3 Å². The van der Waals surface area contributed by atoms with Crippen LogP contribution in [0.3, 0.4) is 0 Å². The van der Waals surface area contributed by atoms with Crippen molar-refractivity contribution in [2.24, 2.45) is 0 Å². The highest BCUT2D eigenvalue weighted by molar-refractivity contribution is 9.10. The van der Waals surface area contributed by atoms with Gasteiger partial charge in [-0.15, -0.1) is 0 Å². The molecule has 0 saturated heterocycles. The summed E-state index contributed by atoms with van der Waals surface area (Å²) in [5, 5.41) is 3.46. The van der Waals surface area contributed by atoms with Crippen molar-refractivity contribution in [3.63, 3.8) is 0 Å². The lowest BCUT2D eigenvalue weighted by Crippen LogP contribution is -2.15. The number of pyridine rings is 1. The van der Waals surface area contributed by atoms with Crippen molar-refractivity contribution in [1.29, 1.82) is 0 Å². The van der Waals surface area contributed by atoms with Crippen LogP contribution in [0.2, 0.25) is 0 Å². The van der Waals surface area contributed by atoms with Crippen LogP contribution in [0.15, 0.2) is 29.0 Å². The maximum absolute atomic E-state index is 4.53. The second kappa shape index (κ2) is 3.61. The van der Waals surface area contributed by atoms with Gasteiger partial charge in [-0.25, -0.2) is 4.98 Å². The molecule has 0 unspecified atom stereocenters. The first kappa shape index (κ1) is 9.36. The standard InChI is InChI=1S/C11H12BrN3/c12-8-1-4-11-14-10(7-15(11)6-8)5-13-9-2-3-9/h1,4,6-7,9,13H,2-3,5H2. The molecule has 1 saturated carbocycles. The number of rotatable bonds is 3. The van der Waals surface area contributed by atoms with Gasteiger partial charge in [0.1, 0.15) is 5.65 Å². The monoisotopic (exact) mass is 265 g/mol. The number of fused-ring (bicyclic) bond motifs is 1. The van der Waals surface area contributed by atoms with Crippen LogP contribution in [0.5, 0.6) is 0 Å². The molecule has 1 fully saturated rings. The molecule has 0 spiro atoms. The molecule has 2 aromatic heterocycles. The van der Waals surface area contributed by atoms with E-state index in [4.69, 9.17) is 0 Å². The van der Waals surface area contributed by atoms with Gasteiger partial charge in [-0.2, -0.15) is 0 Å². The Bertz CT molecular complexity index is 488. The molecular weight excluding hydrogens is 254 g/mol. The van der Waals surface area contributed by atoms with E-state index >= 15 is 0 Å². The molecule has 15 heavy (non-hydrogen) atoms. The second-order valence-corrected chi connectivity index (χ2v) is 4.92. The van der Waals surface area contributed by atoms with Crippen molar-refractivity contribution in [1.82, 2.24) is 14.7 Å². The van der Waals surface area contributed by atoms with E-state index in [1.165, 1.54) is 12.8 Å². The minimum absolute atomic E-state index is 0.738. The van der Waals surface area contributed by atoms with Gasteiger partial charge in [0.15, 0.2) is 0 Å². The SMILES string of the molecule is Brc1ccc2nc(CNC3CC3)cn2c1. The van der Waals surface area contributed by atoms with Gasteiger partial charge in [0.25, 0.3) is 0 Å². The number of hydrogen-bond acceptors (Lipinski definition) is 2. The number of nitrogens with one attached hydrogen (secondary N) is 1. The summed E-state index contributed by atoms with van der Waals surface area (Å²) >= 11 is 3.45. The lowest BCUT2D eigenvalue weighted by atomic mass is 10.4. The molecule has 1 aliphatic rings. The van der Waals surface area contributed by atoms with Gasteiger partial charge >= 0.3 is 0 Å². The summed E-state index contributed by atoms with van der Waals surface area (Å²) in [7, 11) is 0. The fraction of sp³-hybridized carbons (Fsp3) is 0.364. The molecule has 2 heterocycles. The number of aromatic nitrogens is 2. The minimum atomic E-state index is 0.738. The molecule has 78 valence electrons. The summed E-state index contributed by atoms with van der Waals surface area (Å²) in [4.78, 5) is 4.53. The van der Waals surface area contributed by atoms with Gasteiger partial charge in [0.2, 0.25) is 0 Å². The van der Waals surface area contributed by atoms with Crippen molar-refractivity contribution >= 4 is 21.6 Å². The predicted molar refractivity (Wildman–Crippen MR) is 62.8 cm³/mol. The van der Waals surface area contributed by atoms with Crippen LogP contribution in [0, 0.1) is 0 Å². The number of nitrogens with zero attached hydrogens (tertiary/aromatic N) is 2. The van der Waals surface area contributed by atoms with Crippen molar-refractivity contribution in [3.8, 4) is 0 Å². The zero-order valence-corrected chi connectivity index (χ0v) is 9.87. The highest BCUT2D eigenvalue weighted by atomic mass is 79.9. The van der Waals surface area contributed by atoms with E-state index in [2.05, 4.69) is 32.4 Å². The van der Waals surface area contributed by atoms with E-state index in [1.54, 1.807) is 0 Å². The average molecular weight is 266 g/mol. The summed E-state index contributed by atoms with van der Waals surface area (Å²) in [5.41, 5.74) is 2.12. The third-order valence-electron chi connectivity index (χ3n) is 2.61. The van der Waals surface area contributed by atoms with Crippen LogP contribution >= 0.6 is 15.9 Å². The Hall–Kier alpha value is -0.870. The fourth-order valence-corrected chi connectivity index (χ4v) is 1.99. The van der Waals surface area contributed by atoms with Crippen LogP contribution in [-0.4, -0.2) is 15.4 Å². The lowest BCUT2D eigenvalue weighted by Gasteiger charge is -1.96. The van der Waals surface area contributed by atoms with Crippen LogP contribution < -0.4 is 5.32 Å². The molecule has 0 bridgehead atoms. The van der Waals surface area contributed by atoms with Crippen LogP contribution in [0.4, 0.5) is 0 Å². The smallest absolute Gasteiger partial charge is 0.137 e. The Balaban J connectivity index is 1.84. The maximum atomic E-state index is 4.53. The minimum Gasteiger partial charge on any atom is -0.308 e. The van der Waals surface area contributed by atoms with Gasteiger partial charge in [-0.05, 0) is 40.9 Å². The van der Waals surface area contributed by atoms with Gasteiger partial charge in [-0.3, -0.25) is 0 Å². The highest BCUT2D eigenvalue weighted by Gasteiger charge is 2.20. The van der Waals surface area contributed by atoms with Gasteiger partial charge < -0.3 is 9.72 Å². The normalized spacial score (nSPS) is 16.1. The predicted octanol–water partition coefficient (Wildman–Crippen LogP) is 2.35. The molecule has 1 N–H and O–H groups in total. The Morgan fingerprint density at radius 1 is 1.40 bits per heavy atom. The van der Waals surface area contributed by atoms with Crippen LogP contribution in [0.1, 0.15) is 18.5 Å². The molecule has 0 radical (unpaired) electrons. The summed E-state index contributed by atoms with van der Waals surface area (Å²) < 4.78 is 3.13. The molecule has 4 heteroatoms. The van der Waals surface area contributed by atoms with Crippen LogP contribution in [0.25, 0.3) is 5.65 Å². The molecule has 2 aromatic rings. The Kier molecular flexibility index (Phi) is 2.25. The largest absolute Gasteiger partial charge is 0.308 e. The number of halogens is 1. The van der Waals surface area contributed by atoms with Gasteiger partial charge in [0.05, 0.1) is 5.69 Å². The summed E-state index contributed by atoms with van der Waals surface area (Å²) in [6.45, 7) is 0.879. The first-order valence-corrected chi connectivity index (χ1v) is 5.97. The molecule has 0 aromatic carbocycles. The Morgan fingerprint density at radius 2 is 2.27 bits per heavy atom.